The first-order valence-corrected chi connectivity index (χ1v) is 5.07. The van der Waals surface area contributed by atoms with E-state index in [1.165, 1.54) is 6.08 Å². The molecule has 0 aliphatic heterocycles. The molecule has 0 saturated heterocycles. The summed E-state index contributed by atoms with van der Waals surface area (Å²) in [6.07, 6.45) is 5.01. The molecule has 0 radical (unpaired) electrons. The first kappa shape index (κ1) is 12.9. The zero-order valence-corrected chi connectivity index (χ0v) is 9.21. The minimum absolute atomic E-state index is 0.0297. The molecule has 0 fully saturated rings. The molecule has 0 bridgehead atoms. The minimum Gasteiger partial charge on any atom is -0.459 e. The monoisotopic (exact) mass is 196 g/mol. The molecule has 0 aromatic heterocycles. The molecular formula is C12H20O2. The van der Waals surface area contributed by atoms with Crippen molar-refractivity contribution in [2.75, 3.05) is 0 Å². The minimum atomic E-state index is -0.340. The van der Waals surface area contributed by atoms with Gasteiger partial charge in [-0.2, -0.15) is 0 Å². The van der Waals surface area contributed by atoms with Crippen LogP contribution in [0.2, 0.25) is 0 Å². The first-order chi connectivity index (χ1) is 6.60. The zero-order valence-electron chi connectivity index (χ0n) is 9.21. The van der Waals surface area contributed by atoms with E-state index >= 15 is 0 Å². The van der Waals surface area contributed by atoms with Gasteiger partial charge in [-0.25, -0.2) is 4.79 Å². The second-order valence-corrected chi connectivity index (χ2v) is 3.57. The van der Waals surface area contributed by atoms with E-state index < -0.39 is 0 Å². The molecule has 80 valence electrons. The van der Waals surface area contributed by atoms with E-state index in [0.29, 0.717) is 0 Å². The van der Waals surface area contributed by atoms with E-state index in [0.717, 1.165) is 31.3 Å². The van der Waals surface area contributed by atoms with Crippen molar-refractivity contribution >= 4 is 5.97 Å². The van der Waals surface area contributed by atoms with Crippen molar-refractivity contribution in [3.63, 3.8) is 0 Å². The molecule has 0 spiro atoms. The molecule has 0 aliphatic carbocycles. The second-order valence-electron chi connectivity index (χ2n) is 3.57. The summed E-state index contributed by atoms with van der Waals surface area (Å²) in [5.41, 5.74) is 1.04. The Bertz CT molecular complexity index is 206. The summed E-state index contributed by atoms with van der Waals surface area (Å²) < 4.78 is 5.19. The molecule has 0 heterocycles. The first-order valence-electron chi connectivity index (χ1n) is 5.07. The average Bonchev–Trinajstić information content (AvgIpc) is 2.13. The Morgan fingerprint density at radius 1 is 1.57 bits per heavy atom. The van der Waals surface area contributed by atoms with Crippen molar-refractivity contribution in [2.24, 2.45) is 0 Å². The van der Waals surface area contributed by atoms with Crippen LogP contribution in [-0.2, 0) is 9.53 Å². The van der Waals surface area contributed by atoms with E-state index in [9.17, 15) is 4.79 Å². The van der Waals surface area contributed by atoms with Gasteiger partial charge in [0.05, 0.1) is 0 Å². The van der Waals surface area contributed by atoms with Crippen molar-refractivity contribution in [1.82, 2.24) is 0 Å². The fraction of sp³-hybridized carbons (Fsp3) is 0.583. The molecule has 0 saturated carbocycles. The van der Waals surface area contributed by atoms with Crippen LogP contribution < -0.4 is 0 Å². The lowest BCUT2D eigenvalue weighted by Crippen LogP contribution is -2.17. The highest BCUT2D eigenvalue weighted by Crippen LogP contribution is 2.13. The van der Waals surface area contributed by atoms with Crippen LogP contribution in [0, 0.1) is 0 Å². The normalized spacial score (nSPS) is 11.9. The maximum atomic E-state index is 11.0. The third-order valence-corrected chi connectivity index (χ3v) is 1.91. The second kappa shape index (κ2) is 7.36. The molecule has 0 amide bonds. The maximum Gasteiger partial charge on any atom is 0.330 e. The van der Waals surface area contributed by atoms with E-state index in [1.807, 2.05) is 6.92 Å². The topological polar surface area (TPSA) is 26.3 Å². The van der Waals surface area contributed by atoms with Crippen LogP contribution in [0.5, 0.6) is 0 Å². The molecular weight excluding hydrogens is 176 g/mol. The van der Waals surface area contributed by atoms with Gasteiger partial charge in [-0.1, -0.05) is 31.9 Å². The molecule has 2 heteroatoms. The van der Waals surface area contributed by atoms with Gasteiger partial charge in [0.15, 0.2) is 0 Å². The third kappa shape index (κ3) is 6.46. The lowest BCUT2D eigenvalue weighted by Gasteiger charge is -2.16. The SMILES string of the molecule is C=CC(=O)OC(CCCC)CC(=C)C. The van der Waals surface area contributed by atoms with Gasteiger partial charge in [-0.05, 0) is 13.3 Å². The number of ether oxygens (including phenoxy) is 1. The standard InChI is InChI=1S/C12H20O2/c1-5-7-8-11(9-10(3)4)14-12(13)6-2/h6,11H,2-3,5,7-9H2,1,4H3. The van der Waals surface area contributed by atoms with Crippen LogP contribution in [0.4, 0.5) is 0 Å². The Morgan fingerprint density at radius 3 is 2.64 bits per heavy atom. The van der Waals surface area contributed by atoms with Gasteiger partial charge in [0.1, 0.15) is 6.10 Å². The van der Waals surface area contributed by atoms with Crippen molar-refractivity contribution < 1.29 is 9.53 Å². The van der Waals surface area contributed by atoms with Gasteiger partial charge in [0, 0.05) is 12.5 Å². The number of unbranched alkanes of at least 4 members (excludes halogenated alkanes) is 1. The number of hydrogen-bond acceptors (Lipinski definition) is 2. The van der Waals surface area contributed by atoms with E-state index in [4.69, 9.17) is 4.74 Å². The fourth-order valence-electron chi connectivity index (χ4n) is 1.24. The molecule has 1 unspecified atom stereocenters. The van der Waals surface area contributed by atoms with Crippen molar-refractivity contribution in [1.29, 1.82) is 0 Å². The predicted octanol–water partition coefficient (Wildman–Crippen LogP) is 3.24. The number of esters is 1. The summed E-state index contributed by atoms with van der Waals surface area (Å²) in [6.45, 7) is 11.3. The van der Waals surface area contributed by atoms with Crippen LogP contribution in [-0.4, -0.2) is 12.1 Å². The Balaban J connectivity index is 4.02. The van der Waals surface area contributed by atoms with E-state index in [1.54, 1.807) is 0 Å². The summed E-state index contributed by atoms with van der Waals surface area (Å²) in [6, 6.07) is 0. The molecule has 0 aromatic carbocycles. The largest absolute Gasteiger partial charge is 0.459 e. The molecule has 0 N–H and O–H groups in total. The highest BCUT2D eigenvalue weighted by atomic mass is 16.5. The van der Waals surface area contributed by atoms with Crippen molar-refractivity contribution in [3.8, 4) is 0 Å². The van der Waals surface area contributed by atoms with Crippen LogP contribution in [0.1, 0.15) is 39.5 Å². The highest BCUT2D eigenvalue weighted by molar-refractivity contribution is 5.81. The van der Waals surface area contributed by atoms with Gasteiger partial charge in [0.25, 0.3) is 0 Å². The summed E-state index contributed by atoms with van der Waals surface area (Å²) in [5, 5.41) is 0. The van der Waals surface area contributed by atoms with Crippen LogP contribution in [0.25, 0.3) is 0 Å². The Kier molecular flexibility index (Phi) is 6.81. The number of rotatable bonds is 7. The van der Waals surface area contributed by atoms with Gasteiger partial charge in [0.2, 0.25) is 0 Å². The van der Waals surface area contributed by atoms with Crippen molar-refractivity contribution in [3.05, 3.63) is 24.8 Å². The smallest absolute Gasteiger partial charge is 0.330 e. The van der Waals surface area contributed by atoms with Crippen LogP contribution in [0.3, 0.4) is 0 Å². The van der Waals surface area contributed by atoms with Gasteiger partial charge in [-0.15, -0.1) is 6.58 Å². The van der Waals surface area contributed by atoms with Crippen molar-refractivity contribution in [2.45, 2.75) is 45.6 Å². The highest BCUT2D eigenvalue weighted by Gasteiger charge is 2.11. The summed E-state index contributed by atoms with van der Waals surface area (Å²) in [4.78, 5) is 11.0. The Morgan fingerprint density at radius 2 is 2.21 bits per heavy atom. The summed E-state index contributed by atoms with van der Waals surface area (Å²) in [7, 11) is 0. The molecule has 0 rings (SSSR count). The Hall–Kier alpha value is -1.05. The lowest BCUT2D eigenvalue weighted by atomic mass is 10.1. The maximum absolute atomic E-state index is 11.0. The predicted molar refractivity (Wildman–Crippen MR) is 59.0 cm³/mol. The fourth-order valence-corrected chi connectivity index (χ4v) is 1.24. The Labute approximate surface area is 86.6 Å². The van der Waals surface area contributed by atoms with Gasteiger partial charge >= 0.3 is 5.97 Å². The average molecular weight is 196 g/mol. The number of hydrogen-bond donors (Lipinski definition) is 0. The third-order valence-electron chi connectivity index (χ3n) is 1.91. The van der Waals surface area contributed by atoms with E-state index in [2.05, 4.69) is 20.1 Å². The summed E-state index contributed by atoms with van der Waals surface area (Å²) >= 11 is 0. The number of carbonyl (C=O) groups is 1. The van der Waals surface area contributed by atoms with Crippen LogP contribution >= 0.6 is 0 Å². The molecule has 0 aromatic rings. The van der Waals surface area contributed by atoms with Gasteiger partial charge in [-0.3, -0.25) is 0 Å². The molecule has 14 heavy (non-hydrogen) atoms. The molecule has 2 nitrogen and oxygen atoms in total. The quantitative estimate of drug-likeness (QED) is 0.355. The molecule has 0 aliphatic rings. The number of carbonyl (C=O) groups excluding carboxylic acids is 1. The van der Waals surface area contributed by atoms with Gasteiger partial charge < -0.3 is 4.74 Å². The zero-order chi connectivity index (χ0) is 11.0. The molecule has 1 atom stereocenters. The summed E-state index contributed by atoms with van der Waals surface area (Å²) in [5.74, 6) is -0.340. The van der Waals surface area contributed by atoms with Crippen LogP contribution in [0.15, 0.2) is 24.8 Å². The lowest BCUT2D eigenvalue weighted by molar-refractivity contribution is -0.143. The van der Waals surface area contributed by atoms with E-state index in [-0.39, 0.29) is 12.1 Å².